The fourth-order valence-corrected chi connectivity index (χ4v) is 4.55. The van der Waals surface area contributed by atoms with Crippen molar-refractivity contribution in [2.45, 2.75) is 18.0 Å². The largest absolute Gasteiger partial charge is 0.477 e. The van der Waals surface area contributed by atoms with Gasteiger partial charge in [0, 0.05) is 25.4 Å². The van der Waals surface area contributed by atoms with Crippen LogP contribution in [0, 0.1) is 11.6 Å². The molecule has 8 nitrogen and oxygen atoms in total. The van der Waals surface area contributed by atoms with Gasteiger partial charge < -0.3 is 30.2 Å². The number of rotatable bonds is 8. The fourth-order valence-electron chi connectivity index (χ4n) is 3.27. The molecule has 0 bridgehead atoms. The number of fused-ring (bicyclic) bond motifs is 3. The molecule has 2 heterocycles. The van der Waals surface area contributed by atoms with E-state index in [1.165, 1.54) is 11.7 Å². The highest BCUT2D eigenvalue weighted by Gasteiger charge is 2.33. The van der Waals surface area contributed by atoms with Gasteiger partial charge in [0.2, 0.25) is 5.43 Å². The Kier molecular flexibility index (Phi) is 6.30. The first-order chi connectivity index (χ1) is 13.8. The van der Waals surface area contributed by atoms with Crippen molar-refractivity contribution in [1.29, 1.82) is 0 Å². The van der Waals surface area contributed by atoms with Crippen LogP contribution in [0.15, 0.2) is 9.82 Å². The molecule has 1 aliphatic rings. The molecule has 0 fully saturated rings. The predicted octanol–water partition coefficient (Wildman–Crippen LogP) is 2.30. The van der Waals surface area contributed by atoms with Gasteiger partial charge in [-0.1, -0.05) is 0 Å². The number of pyridine rings is 1. The smallest absolute Gasteiger partial charge is 0.342 e. The number of ether oxygens (including phenoxy) is 2. The second-order valence-electron chi connectivity index (χ2n) is 6.52. The highest BCUT2D eigenvalue weighted by molar-refractivity contribution is 7.99. The van der Waals surface area contributed by atoms with Crippen molar-refractivity contribution in [2.24, 2.45) is 0 Å². The average molecular weight is 429 g/mol. The van der Waals surface area contributed by atoms with Crippen molar-refractivity contribution in [3.05, 3.63) is 27.4 Å². The number of methoxy groups -OCH3 is 1. The first kappa shape index (κ1) is 21.3. The molecule has 1 unspecified atom stereocenters. The number of hydrogen-bond acceptors (Lipinski definition) is 7. The summed E-state index contributed by atoms with van der Waals surface area (Å²) >= 11 is 1.14. The summed E-state index contributed by atoms with van der Waals surface area (Å²) in [6, 6.07) is -0.305. The third kappa shape index (κ3) is 3.65. The summed E-state index contributed by atoms with van der Waals surface area (Å²) in [5.74, 6) is -3.14. The van der Waals surface area contributed by atoms with Crippen molar-refractivity contribution in [1.82, 2.24) is 4.57 Å². The van der Waals surface area contributed by atoms with E-state index in [2.05, 4.69) is 5.32 Å². The summed E-state index contributed by atoms with van der Waals surface area (Å²) in [4.78, 5) is 24.4. The number of carboxylic acids is 1. The van der Waals surface area contributed by atoms with E-state index >= 15 is 4.39 Å². The number of nitrogen functional groups attached to an aromatic ring is 1. The predicted molar refractivity (Wildman–Crippen MR) is 106 cm³/mol. The Morgan fingerprint density at radius 3 is 2.72 bits per heavy atom. The summed E-state index contributed by atoms with van der Waals surface area (Å²) in [6.07, 6.45) is 0. The SMILES string of the molecule is COCCOCCNc1c(F)c(N)c2c(=O)c(C(=O)O)c3n(c2c1F)C(C)CS3. The van der Waals surface area contributed by atoms with Gasteiger partial charge in [0.1, 0.15) is 11.3 Å². The maximum atomic E-state index is 15.3. The number of halogens is 2. The number of nitrogens with two attached hydrogens (primary N) is 1. The van der Waals surface area contributed by atoms with Crippen LogP contribution in [0.1, 0.15) is 23.3 Å². The summed E-state index contributed by atoms with van der Waals surface area (Å²) in [5.41, 5.74) is 3.04. The number of carboxylic acid groups (broad SMARTS) is 1. The minimum Gasteiger partial charge on any atom is -0.477 e. The van der Waals surface area contributed by atoms with E-state index in [9.17, 15) is 19.1 Å². The Labute approximate surface area is 169 Å². The normalized spacial score (nSPS) is 15.7. The van der Waals surface area contributed by atoms with E-state index in [0.29, 0.717) is 19.0 Å². The van der Waals surface area contributed by atoms with Crippen molar-refractivity contribution in [2.75, 3.05) is 50.3 Å². The minimum absolute atomic E-state index is 0.0943. The molecule has 4 N–H and O–H groups in total. The molecule has 11 heteroatoms. The maximum absolute atomic E-state index is 15.3. The van der Waals surface area contributed by atoms with Crippen LogP contribution < -0.4 is 16.5 Å². The lowest BCUT2D eigenvalue weighted by Crippen LogP contribution is -2.24. The fraction of sp³-hybridized carbons (Fsp3) is 0.444. The molecule has 0 amide bonds. The van der Waals surface area contributed by atoms with Crippen LogP contribution in [-0.2, 0) is 9.47 Å². The van der Waals surface area contributed by atoms with E-state index in [1.807, 2.05) is 0 Å². The third-order valence-corrected chi connectivity index (χ3v) is 5.94. The summed E-state index contributed by atoms with van der Waals surface area (Å²) < 4.78 is 41.7. The maximum Gasteiger partial charge on any atom is 0.342 e. The van der Waals surface area contributed by atoms with Gasteiger partial charge in [-0.3, -0.25) is 4.79 Å². The van der Waals surface area contributed by atoms with E-state index in [0.717, 1.165) is 11.8 Å². The Bertz CT molecular complexity index is 1030. The van der Waals surface area contributed by atoms with Crippen molar-refractivity contribution < 1.29 is 28.2 Å². The molecule has 0 saturated heterocycles. The number of benzene rings is 1. The number of anilines is 2. The average Bonchev–Trinajstić information content (AvgIpc) is 3.04. The zero-order valence-corrected chi connectivity index (χ0v) is 16.7. The highest BCUT2D eigenvalue weighted by atomic mass is 32.2. The molecule has 2 aromatic rings. The Hall–Kier alpha value is -2.37. The topological polar surface area (TPSA) is 116 Å². The summed E-state index contributed by atoms with van der Waals surface area (Å²) in [6.45, 7) is 2.75. The zero-order valence-electron chi connectivity index (χ0n) is 15.9. The van der Waals surface area contributed by atoms with Gasteiger partial charge in [0.05, 0.1) is 41.4 Å². The van der Waals surface area contributed by atoms with E-state index < -0.39 is 45.4 Å². The number of aromatic nitrogens is 1. The highest BCUT2D eigenvalue weighted by Crippen LogP contribution is 2.41. The Morgan fingerprint density at radius 2 is 2.07 bits per heavy atom. The molecule has 1 aliphatic heterocycles. The van der Waals surface area contributed by atoms with Gasteiger partial charge in [-0.25, -0.2) is 13.6 Å². The number of aromatic carboxylic acids is 1. The van der Waals surface area contributed by atoms with Crippen LogP contribution in [0.5, 0.6) is 0 Å². The summed E-state index contributed by atoms with van der Waals surface area (Å²) in [5, 5.41) is 11.8. The molecule has 1 aromatic heterocycles. The lowest BCUT2D eigenvalue weighted by molar-refractivity contribution is 0.0690. The second-order valence-corrected chi connectivity index (χ2v) is 7.53. The van der Waals surface area contributed by atoms with Crippen LogP contribution in [-0.4, -0.2) is 54.9 Å². The van der Waals surface area contributed by atoms with Crippen molar-refractivity contribution in [3.8, 4) is 0 Å². The quantitative estimate of drug-likeness (QED) is 0.433. The molecule has 158 valence electrons. The lowest BCUT2D eigenvalue weighted by atomic mass is 10.1. The molecule has 0 saturated carbocycles. The van der Waals surface area contributed by atoms with Crippen molar-refractivity contribution >= 4 is 40.0 Å². The second kappa shape index (κ2) is 8.56. The standard InChI is InChI=1S/C18H21F2N3O5S/c1-8-7-29-17-10(18(25)26)16(24)9-13(21)11(19)14(12(20)15(9)23(8)17)22-3-4-28-6-5-27-2/h8,22H,3-7,21H2,1-2H3,(H,25,26). The van der Waals surface area contributed by atoms with Crippen molar-refractivity contribution in [3.63, 3.8) is 0 Å². The molecule has 1 aromatic carbocycles. The zero-order chi connectivity index (χ0) is 21.3. The molecule has 3 rings (SSSR count). The number of nitrogens with zero attached hydrogens (tertiary/aromatic N) is 1. The molecule has 0 aliphatic carbocycles. The summed E-state index contributed by atoms with van der Waals surface area (Å²) in [7, 11) is 1.53. The monoisotopic (exact) mass is 429 g/mol. The third-order valence-electron chi connectivity index (χ3n) is 4.61. The van der Waals surface area contributed by atoms with Gasteiger partial charge >= 0.3 is 5.97 Å². The van der Waals surface area contributed by atoms with Crippen LogP contribution in [0.3, 0.4) is 0 Å². The Balaban J connectivity index is 2.13. The first-order valence-corrected chi connectivity index (χ1v) is 9.85. The Morgan fingerprint density at radius 1 is 1.34 bits per heavy atom. The van der Waals surface area contributed by atoms with Crippen LogP contribution in [0.25, 0.3) is 10.9 Å². The molecular formula is C18H21F2N3O5S. The van der Waals surface area contributed by atoms with Gasteiger partial charge in [-0.2, -0.15) is 0 Å². The number of nitrogens with one attached hydrogen (secondary N) is 1. The van der Waals surface area contributed by atoms with Crippen LogP contribution in [0.4, 0.5) is 20.2 Å². The van der Waals surface area contributed by atoms with Crippen LogP contribution in [0.2, 0.25) is 0 Å². The van der Waals surface area contributed by atoms with E-state index in [1.54, 1.807) is 6.92 Å². The van der Waals surface area contributed by atoms with Crippen LogP contribution >= 0.6 is 11.8 Å². The van der Waals surface area contributed by atoms with E-state index in [4.69, 9.17) is 15.2 Å². The number of carbonyl (C=O) groups is 1. The molecule has 0 spiro atoms. The van der Waals surface area contributed by atoms with Gasteiger partial charge in [0.15, 0.2) is 11.6 Å². The minimum atomic E-state index is -1.46. The molecule has 29 heavy (non-hydrogen) atoms. The number of hydrogen-bond donors (Lipinski definition) is 3. The van der Waals surface area contributed by atoms with E-state index in [-0.39, 0.29) is 29.7 Å². The molecule has 1 atom stereocenters. The van der Waals surface area contributed by atoms with Gasteiger partial charge in [-0.05, 0) is 6.92 Å². The van der Waals surface area contributed by atoms with Gasteiger partial charge in [-0.15, -0.1) is 11.8 Å². The van der Waals surface area contributed by atoms with Gasteiger partial charge in [0.25, 0.3) is 0 Å². The molecular weight excluding hydrogens is 408 g/mol. The number of thioether (sulfide) groups is 1. The molecule has 0 radical (unpaired) electrons. The first-order valence-electron chi connectivity index (χ1n) is 8.86. The lowest BCUT2D eigenvalue weighted by Gasteiger charge is -2.19.